The summed E-state index contributed by atoms with van der Waals surface area (Å²) in [6, 6.07) is 5.55. The molecule has 0 spiro atoms. The number of amides is 1. The average molecular weight is 297 g/mol. The fraction of sp³-hybridized carbons (Fsp3) is 0.533. The highest BCUT2D eigenvalue weighted by Gasteiger charge is 2.16. The summed E-state index contributed by atoms with van der Waals surface area (Å²) in [6.45, 7) is 3.16. The van der Waals surface area contributed by atoms with Gasteiger partial charge in [-0.25, -0.2) is 0 Å². The summed E-state index contributed by atoms with van der Waals surface area (Å²) in [4.78, 5) is 13.8. The molecule has 1 aromatic carbocycles. The van der Waals surface area contributed by atoms with Crippen molar-refractivity contribution in [2.45, 2.75) is 25.8 Å². The van der Waals surface area contributed by atoms with E-state index in [0.29, 0.717) is 24.5 Å². The van der Waals surface area contributed by atoms with Crippen LogP contribution in [0, 0.1) is 0 Å². The van der Waals surface area contributed by atoms with Gasteiger partial charge in [0.2, 0.25) is 5.91 Å². The van der Waals surface area contributed by atoms with Gasteiger partial charge in [-0.2, -0.15) is 0 Å². The molecule has 1 saturated heterocycles. The number of carbonyl (C=O) groups is 1. The molecule has 0 unspecified atom stereocenters. The van der Waals surface area contributed by atoms with Crippen LogP contribution in [0.25, 0.3) is 0 Å². The lowest BCUT2D eigenvalue weighted by atomic mass is 10.2. The van der Waals surface area contributed by atoms with Crippen LogP contribution < -0.4 is 10.1 Å². The summed E-state index contributed by atoms with van der Waals surface area (Å²) in [6.07, 6.45) is 2.82. The van der Waals surface area contributed by atoms with Crippen LogP contribution in [0.4, 0.5) is 0 Å². The maximum absolute atomic E-state index is 11.9. The molecule has 0 bridgehead atoms. The molecule has 0 radical (unpaired) electrons. The van der Waals surface area contributed by atoms with Crippen LogP contribution >= 0.6 is 11.6 Å². The van der Waals surface area contributed by atoms with Gasteiger partial charge in [-0.15, -0.1) is 0 Å². The van der Waals surface area contributed by atoms with Gasteiger partial charge in [0.1, 0.15) is 5.75 Å². The lowest BCUT2D eigenvalue weighted by molar-refractivity contribution is -0.130. The highest BCUT2D eigenvalue weighted by molar-refractivity contribution is 6.30. The van der Waals surface area contributed by atoms with Gasteiger partial charge >= 0.3 is 0 Å². The highest BCUT2D eigenvalue weighted by atomic mass is 35.5. The summed E-state index contributed by atoms with van der Waals surface area (Å²) in [5.74, 6) is 1.06. The van der Waals surface area contributed by atoms with Crippen LogP contribution in [0.2, 0.25) is 5.02 Å². The molecule has 0 atom stereocenters. The Balaban J connectivity index is 1.75. The van der Waals surface area contributed by atoms with E-state index in [1.807, 2.05) is 17.0 Å². The van der Waals surface area contributed by atoms with Crippen molar-refractivity contribution in [1.82, 2.24) is 10.2 Å². The fourth-order valence-electron chi connectivity index (χ4n) is 2.43. The second kappa shape index (κ2) is 7.50. The van der Waals surface area contributed by atoms with Crippen molar-refractivity contribution < 1.29 is 9.53 Å². The number of rotatable bonds is 6. The Morgan fingerprint density at radius 1 is 1.40 bits per heavy atom. The standard InChI is InChI=1S/C15H21ClN2O2/c1-20-14-5-4-13(16)10-12(14)11-17-7-6-15(19)18-8-2-3-9-18/h4-5,10,17H,2-3,6-9,11H2,1H3. The van der Waals surface area contributed by atoms with Crippen LogP contribution in [0.3, 0.4) is 0 Å². The zero-order chi connectivity index (χ0) is 14.4. The number of ether oxygens (including phenoxy) is 1. The van der Waals surface area contributed by atoms with Gasteiger partial charge < -0.3 is 15.0 Å². The van der Waals surface area contributed by atoms with Crippen molar-refractivity contribution >= 4 is 17.5 Å². The predicted molar refractivity (Wildman–Crippen MR) is 80.1 cm³/mol. The minimum Gasteiger partial charge on any atom is -0.496 e. The van der Waals surface area contributed by atoms with E-state index >= 15 is 0 Å². The van der Waals surface area contributed by atoms with Gasteiger partial charge in [-0.1, -0.05) is 11.6 Å². The summed E-state index contributed by atoms with van der Waals surface area (Å²) < 4.78 is 5.29. The molecule has 1 amide bonds. The Bertz CT molecular complexity index is 459. The van der Waals surface area contributed by atoms with E-state index < -0.39 is 0 Å². The molecule has 0 saturated carbocycles. The van der Waals surface area contributed by atoms with Gasteiger partial charge in [0, 0.05) is 43.2 Å². The monoisotopic (exact) mass is 296 g/mol. The molecule has 1 N–H and O–H groups in total. The molecular weight excluding hydrogens is 276 g/mol. The maximum atomic E-state index is 11.9. The van der Waals surface area contributed by atoms with E-state index in [-0.39, 0.29) is 5.91 Å². The van der Waals surface area contributed by atoms with E-state index in [2.05, 4.69) is 5.32 Å². The molecule has 4 nitrogen and oxygen atoms in total. The molecule has 0 aliphatic carbocycles. The number of carbonyl (C=O) groups excluding carboxylic acids is 1. The third-order valence-corrected chi connectivity index (χ3v) is 3.77. The average Bonchev–Trinajstić information content (AvgIpc) is 2.98. The first-order valence-corrected chi connectivity index (χ1v) is 7.39. The van der Waals surface area contributed by atoms with Gasteiger partial charge in [-0.3, -0.25) is 4.79 Å². The van der Waals surface area contributed by atoms with E-state index in [4.69, 9.17) is 16.3 Å². The smallest absolute Gasteiger partial charge is 0.223 e. The Kier molecular flexibility index (Phi) is 5.68. The number of nitrogens with zero attached hydrogens (tertiary/aromatic N) is 1. The first kappa shape index (κ1) is 15.1. The van der Waals surface area contributed by atoms with Crippen LogP contribution in [0.15, 0.2) is 18.2 Å². The number of nitrogens with one attached hydrogen (secondary N) is 1. The zero-order valence-corrected chi connectivity index (χ0v) is 12.6. The van der Waals surface area contributed by atoms with Crippen molar-refractivity contribution in [2.24, 2.45) is 0 Å². The quantitative estimate of drug-likeness (QED) is 0.820. The van der Waals surface area contributed by atoms with E-state index in [1.165, 1.54) is 0 Å². The fourth-order valence-corrected chi connectivity index (χ4v) is 2.62. The summed E-state index contributed by atoms with van der Waals surface area (Å²) in [7, 11) is 1.64. The van der Waals surface area contributed by atoms with Crippen LogP contribution in [0.5, 0.6) is 5.75 Å². The molecule has 1 aromatic rings. The number of benzene rings is 1. The third-order valence-electron chi connectivity index (χ3n) is 3.53. The number of hydrogen-bond acceptors (Lipinski definition) is 3. The molecule has 20 heavy (non-hydrogen) atoms. The number of methoxy groups -OCH3 is 1. The number of hydrogen-bond donors (Lipinski definition) is 1. The molecule has 1 fully saturated rings. The Morgan fingerprint density at radius 3 is 2.85 bits per heavy atom. The molecule has 1 aliphatic heterocycles. The lowest BCUT2D eigenvalue weighted by Gasteiger charge is -2.15. The van der Waals surface area contributed by atoms with Gasteiger partial charge in [0.15, 0.2) is 0 Å². The maximum Gasteiger partial charge on any atom is 0.223 e. The highest BCUT2D eigenvalue weighted by Crippen LogP contribution is 2.22. The first-order chi connectivity index (χ1) is 9.70. The molecule has 0 aromatic heterocycles. The Labute approximate surface area is 125 Å². The molecule has 110 valence electrons. The first-order valence-electron chi connectivity index (χ1n) is 7.01. The SMILES string of the molecule is COc1ccc(Cl)cc1CNCCC(=O)N1CCCC1. The van der Waals surface area contributed by atoms with E-state index in [0.717, 1.165) is 37.2 Å². The minimum absolute atomic E-state index is 0.244. The normalized spacial score (nSPS) is 14.6. The van der Waals surface area contributed by atoms with Crippen molar-refractivity contribution in [3.63, 3.8) is 0 Å². The lowest BCUT2D eigenvalue weighted by Crippen LogP contribution is -2.30. The minimum atomic E-state index is 0.244. The number of likely N-dealkylation sites (tertiary alicyclic amines) is 1. The molecule has 5 heteroatoms. The topological polar surface area (TPSA) is 41.6 Å². The summed E-state index contributed by atoms with van der Waals surface area (Å²) in [5.41, 5.74) is 1.01. The second-order valence-electron chi connectivity index (χ2n) is 4.97. The predicted octanol–water partition coefficient (Wildman–Crippen LogP) is 2.45. The van der Waals surface area contributed by atoms with E-state index in [1.54, 1.807) is 13.2 Å². The third kappa shape index (κ3) is 4.12. The largest absolute Gasteiger partial charge is 0.496 e. The molecular formula is C15H21ClN2O2. The van der Waals surface area contributed by atoms with Crippen molar-refractivity contribution in [1.29, 1.82) is 0 Å². The number of halogens is 1. The zero-order valence-electron chi connectivity index (χ0n) is 11.8. The molecule has 1 aliphatic rings. The van der Waals surface area contributed by atoms with Crippen LogP contribution in [0.1, 0.15) is 24.8 Å². The summed E-state index contributed by atoms with van der Waals surface area (Å²) >= 11 is 5.98. The summed E-state index contributed by atoms with van der Waals surface area (Å²) in [5, 5.41) is 3.96. The van der Waals surface area contributed by atoms with Gasteiger partial charge in [0.05, 0.1) is 7.11 Å². The Hall–Kier alpha value is -1.26. The van der Waals surface area contributed by atoms with E-state index in [9.17, 15) is 4.79 Å². The second-order valence-corrected chi connectivity index (χ2v) is 5.41. The van der Waals surface area contributed by atoms with Gasteiger partial charge in [0.25, 0.3) is 0 Å². The van der Waals surface area contributed by atoms with Crippen molar-refractivity contribution in [3.05, 3.63) is 28.8 Å². The molecule has 2 rings (SSSR count). The van der Waals surface area contributed by atoms with Crippen molar-refractivity contribution in [2.75, 3.05) is 26.7 Å². The molecule has 1 heterocycles. The van der Waals surface area contributed by atoms with Gasteiger partial charge in [-0.05, 0) is 31.0 Å². The van der Waals surface area contributed by atoms with Crippen LogP contribution in [-0.4, -0.2) is 37.6 Å². The van der Waals surface area contributed by atoms with Crippen LogP contribution in [-0.2, 0) is 11.3 Å². The Morgan fingerprint density at radius 2 is 2.15 bits per heavy atom. The van der Waals surface area contributed by atoms with Crippen molar-refractivity contribution in [3.8, 4) is 5.75 Å².